The zero-order valence-corrected chi connectivity index (χ0v) is 21.6. The van der Waals surface area contributed by atoms with E-state index in [2.05, 4.69) is 14.8 Å². The van der Waals surface area contributed by atoms with E-state index in [9.17, 15) is 23.1 Å². The van der Waals surface area contributed by atoms with Crippen LogP contribution in [0.2, 0.25) is 0 Å². The molecule has 1 unspecified atom stereocenters. The summed E-state index contributed by atoms with van der Waals surface area (Å²) < 4.78 is 44.6. The highest BCUT2D eigenvalue weighted by molar-refractivity contribution is 5.76. The summed E-state index contributed by atoms with van der Waals surface area (Å²) in [5, 5.41) is 19.0. The number of hydrogen-bond donors (Lipinski definition) is 2. The van der Waals surface area contributed by atoms with Crippen molar-refractivity contribution in [2.75, 3.05) is 32.8 Å². The van der Waals surface area contributed by atoms with E-state index in [0.29, 0.717) is 26.2 Å². The summed E-state index contributed by atoms with van der Waals surface area (Å²) in [7, 11) is 0. The number of aliphatic hydroxyl groups is 2. The Morgan fingerprint density at radius 3 is 2.13 bits per heavy atom. The van der Waals surface area contributed by atoms with Gasteiger partial charge in [0.2, 0.25) is 0 Å². The smallest absolute Gasteiger partial charge is 0.421 e. The first kappa shape index (κ1) is 28.7. The number of piperazine rings is 1. The lowest BCUT2D eigenvalue weighted by Crippen LogP contribution is -2.56. The molecule has 0 spiro atoms. The summed E-state index contributed by atoms with van der Waals surface area (Å²) in [6, 6.07) is 16.8. The average molecular weight is 544 g/mol. The van der Waals surface area contributed by atoms with Crippen molar-refractivity contribution >= 4 is 5.97 Å². The molecule has 0 amide bonds. The Balaban J connectivity index is 1.41. The van der Waals surface area contributed by atoms with Crippen LogP contribution in [0.4, 0.5) is 13.2 Å². The minimum Gasteiger partial charge on any atom is -0.462 e. The van der Waals surface area contributed by atoms with Gasteiger partial charge in [0, 0.05) is 45.1 Å². The SMILES string of the molecule is CC(O)(c1ccc(-c2ccc(CN3CCN(Cc4ccncc4)[C@@H](C(=O)OCCO)C3)cc2)cc1)C(F)(F)F. The molecule has 208 valence electrons. The molecule has 1 aliphatic rings. The van der Waals surface area contributed by atoms with E-state index in [1.807, 2.05) is 36.4 Å². The number of aromatic nitrogens is 1. The van der Waals surface area contributed by atoms with Crippen molar-refractivity contribution in [3.8, 4) is 11.1 Å². The lowest BCUT2D eigenvalue weighted by atomic mass is 9.93. The standard InChI is InChI=1S/C29H32F3N3O4/c1-28(38,29(30,31)32)25-8-6-24(7-9-25)23-4-2-21(3-5-23)18-34-14-15-35(19-22-10-12-33-13-11-22)26(20-34)27(37)39-17-16-36/h2-13,26,36,38H,14-20H2,1H3/t26-,28?/m1/s1. The van der Waals surface area contributed by atoms with Gasteiger partial charge in [0.05, 0.1) is 6.61 Å². The summed E-state index contributed by atoms with van der Waals surface area (Å²) in [6.07, 6.45) is -1.33. The van der Waals surface area contributed by atoms with E-state index in [0.717, 1.165) is 35.7 Å². The highest BCUT2D eigenvalue weighted by atomic mass is 19.4. The average Bonchev–Trinajstić information content (AvgIpc) is 2.93. The fraction of sp³-hybridized carbons (Fsp3) is 0.379. The Hall–Kier alpha value is -3.31. The number of hydrogen-bond acceptors (Lipinski definition) is 7. The number of alkyl halides is 3. The molecule has 2 heterocycles. The number of rotatable bonds is 9. The normalized spacial score (nSPS) is 18.5. The first-order valence-corrected chi connectivity index (χ1v) is 12.7. The molecule has 3 aromatic rings. The van der Waals surface area contributed by atoms with E-state index in [1.165, 1.54) is 12.1 Å². The summed E-state index contributed by atoms with van der Waals surface area (Å²) in [4.78, 5) is 21.1. The number of nitrogens with zero attached hydrogens (tertiary/aromatic N) is 3. The van der Waals surface area contributed by atoms with Crippen LogP contribution in [0.15, 0.2) is 73.1 Å². The highest BCUT2D eigenvalue weighted by Gasteiger charge is 2.51. The molecule has 0 bridgehead atoms. The summed E-state index contributed by atoms with van der Waals surface area (Å²) in [5.74, 6) is -0.369. The van der Waals surface area contributed by atoms with Gasteiger partial charge in [-0.25, -0.2) is 0 Å². The van der Waals surface area contributed by atoms with Gasteiger partial charge >= 0.3 is 12.1 Å². The molecule has 0 aliphatic carbocycles. The molecule has 1 saturated heterocycles. The molecular weight excluding hydrogens is 511 g/mol. The van der Waals surface area contributed by atoms with Crippen molar-refractivity contribution in [2.24, 2.45) is 0 Å². The van der Waals surface area contributed by atoms with Gasteiger partial charge in [0.25, 0.3) is 0 Å². The molecule has 2 N–H and O–H groups in total. The minimum atomic E-state index is -4.77. The van der Waals surface area contributed by atoms with Crippen molar-refractivity contribution < 1.29 is 32.9 Å². The van der Waals surface area contributed by atoms with Crippen LogP contribution in [0.1, 0.15) is 23.6 Å². The predicted octanol–water partition coefficient (Wildman–Crippen LogP) is 3.74. The Kier molecular flexibility index (Phi) is 9.01. The third kappa shape index (κ3) is 7.02. The Morgan fingerprint density at radius 1 is 0.949 bits per heavy atom. The molecule has 0 radical (unpaired) electrons. The van der Waals surface area contributed by atoms with Crippen molar-refractivity contribution in [1.29, 1.82) is 0 Å². The van der Waals surface area contributed by atoms with Crippen LogP contribution in [0.5, 0.6) is 0 Å². The Labute approximate surface area is 225 Å². The maximum absolute atomic E-state index is 13.1. The monoisotopic (exact) mass is 543 g/mol. The minimum absolute atomic E-state index is 0.0470. The molecular formula is C29H32F3N3O4. The van der Waals surface area contributed by atoms with Crippen LogP contribution < -0.4 is 0 Å². The summed E-state index contributed by atoms with van der Waals surface area (Å²) in [6.45, 7) is 3.54. The highest BCUT2D eigenvalue weighted by Crippen LogP contribution is 2.39. The number of halogens is 3. The first-order valence-electron chi connectivity index (χ1n) is 12.7. The number of ether oxygens (including phenoxy) is 1. The second-order valence-corrected chi connectivity index (χ2v) is 9.81. The third-order valence-electron chi connectivity index (χ3n) is 7.01. The van der Waals surface area contributed by atoms with Crippen LogP contribution >= 0.6 is 0 Å². The van der Waals surface area contributed by atoms with Gasteiger partial charge in [-0.15, -0.1) is 0 Å². The van der Waals surface area contributed by atoms with E-state index in [1.54, 1.807) is 24.5 Å². The number of pyridine rings is 1. The fourth-order valence-corrected chi connectivity index (χ4v) is 4.61. The summed E-state index contributed by atoms with van der Waals surface area (Å²) >= 11 is 0. The van der Waals surface area contributed by atoms with Gasteiger partial charge in [0.15, 0.2) is 5.60 Å². The molecule has 1 aliphatic heterocycles. The predicted molar refractivity (Wildman–Crippen MR) is 139 cm³/mol. The molecule has 7 nitrogen and oxygen atoms in total. The van der Waals surface area contributed by atoms with Gasteiger partial charge in [-0.1, -0.05) is 48.5 Å². The number of esters is 1. The molecule has 0 saturated carbocycles. The lowest BCUT2D eigenvalue weighted by molar-refractivity contribution is -0.258. The van der Waals surface area contributed by atoms with Crippen molar-refractivity contribution in [2.45, 2.75) is 37.8 Å². The zero-order valence-electron chi connectivity index (χ0n) is 21.6. The van der Waals surface area contributed by atoms with Crippen LogP contribution in [-0.2, 0) is 28.2 Å². The van der Waals surface area contributed by atoms with Gasteiger partial charge < -0.3 is 14.9 Å². The maximum Gasteiger partial charge on any atom is 0.421 e. The largest absolute Gasteiger partial charge is 0.462 e. The van der Waals surface area contributed by atoms with Crippen LogP contribution in [-0.4, -0.2) is 76.0 Å². The fourth-order valence-electron chi connectivity index (χ4n) is 4.61. The van der Waals surface area contributed by atoms with Crippen LogP contribution in [0.3, 0.4) is 0 Å². The van der Waals surface area contributed by atoms with E-state index in [4.69, 9.17) is 9.84 Å². The van der Waals surface area contributed by atoms with Crippen molar-refractivity contribution in [3.63, 3.8) is 0 Å². The Bertz CT molecular complexity index is 1220. The molecule has 39 heavy (non-hydrogen) atoms. The quantitative estimate of drug-likeness (QED) is 0.398. The number of carbonyl (C=O) groups excluding carboxylic acids is 1. The maximum atomic E-state index is 13.1. The van der Waals surface area contributed by atoms with Crippen molar-refractivity contribution in [1.82, 2.24) is 14.8 Å². The second-order valence-electron chi connectivity index (χ2n) is 9.81. The number of aliphatic hydroxyl groups excluding tert-OH is 1. The molecule has 2 aromatic carbocycles. The van der Waals surface area contributed by atoms with Crippen molar-refractivity contribution in [3.05, 3.63) is 89.7 Å². The van der Waals surface area contributed by atoms with E-state index >= 15 is 0 Å². The third-order valence-corrected chi connectivity index (χ3v) is 7.01. The molecule has 1 aromatic heterocycles. The number of benzene rings is 2. The molecule has 10 heteroatoms. The van der Waals surface area contributed by atoms with E-state index in [-0.39, 0.29) is 24.7 Å². The van der Waals surface area contributed by atoms with Gasteiger partial charge in [-0.2, -0.15) is 13.2 Å². The summed E-state index contributed by atoms with van der Waals surface area (Å²) in [5.41, 5.74) is 0.513. The molecule has 4 rings (SSSR count). The van der Waals surface area contributed by atoms with Gasteiger partial charge in [-0.05, 0) is 46.9 Å². The second kappa shape index (κ2) is 12.3. The topological polar surface area (TPSA) is 86.1 Å². The zero-order chi connectivity index (χ0) is 28.0. The Morgan fingerprint density at radius 2 is 1.54 bits per heavy atom. The van der Waals surface area contributed by atoms with Gasteiger partial charge in [0.1, 0.15) is 12.6 Å². The molecule has 2 atom stereocenters. The van der Waals surface area contributed by atoms with Crippen LogP contribution in [0, 0.1) is 0 Å². The number of carbonyl (C=O) groups is 1. The van der Waals surface area contributed by atoms with Gasteiger partial charge in [-0.3, -0.25) is 19.6 Å². The molecule has 1 fully saturated rings. The lowest BCUT2D eigenvalue weighted by Gasteiger charge is -2.40. The van der Waals surface area contributed by atoms with Crippen LogP contribution in [0.25, 0.3) is 11.1 Å². The first-order chi connectivity index (χ1) is 18.6. The van der Waals surface area contributed by atoms with E-state index < -0.39 is 17.8 Å².